The van der Waals surface area contributed by atoms with Crippen molar-refractivity contribution in [3.05, 3.63) is 59.7 Å². The highest BCUT2D eigenvalue weighted by atomic mass is 16.5. The van der Waals surface area contributed by atoms with E-state index in [2.05, 4.69) is 24.1 Å². The van der Waals surface area contributed by atoms with Crippen LogP contribution in [0.2, 0.25) is 0 Å². The van der Waals surface area contributed by atoms with Crippen molar-refractivity contribution in [2.24, 2.45) is 0 Å². The van der Waals surface area contributed by atoms with E-state index in [1.54, 1.807) is 0 Å². The number of carbonyl (C=O) groups is 1. The number of benzene rings is 2. The van der Waals surface area contributed by atoms with Crippen molar-refractivity contribution in [1.29, 1.82) is 0 Å². The molecule has 0 bridgehead atoms. The van der Waals surface area contributed by atoms with Gasteiger partial charge in [-0.25, -0.2) is 0 Å². The van der Waals surface area contributed by atoms with Gasteiger partial charge in [-0.2, -0.15) is 0 Å². The summed E-state index contributed by atoms with van der Waals surface area (Å²) in [7, 11) is 0. The summed E-state index contributed by atoms with van der Waals surface area (Å²) in [4.78, 5) is 15.2. The van der Waals surface area contributed by atoms with Crippen molar-refractivity contribution in [2.45, 2.75) is 58.0 Å². The van der Waals surface area contributed by atoms with Gasteiger partial charge < -0.3 is 19.5 Å². The van der Waals surface area contributed by atoms with Gasteiger partial charge >= 0.3 is 0 Å². The molecule has 2 aliphatic rings. The highest BCUT2D eigenvalue weighted by Gasteiger charge is 2.22. The number of hydrogen-bond donors (Lipinski definition) is 1. The van der Waals surface area contributed by atoms with Gasteiger partial charge in [-0.05, 0) is 62.9 Å². The molecule has 6 nitrogen and oxygen atoms in total. The lowest BCUT2D eigenvalue weighted by Crippen LogP contribution is -2.44. The number of ether oxygens (including phenoxy) is 3. The van der Waals surface area contributed by atoms with Crippen LogP contribution in [0.25, 0.3) is 0 Å². The number of morpholine rings is 1. The van der Waals surface area contributed by atoms with Gasteiger partial charge in [0.25, 0.3) is 5.91 Å². The monoisotopic (exact) mass is 438 g/mol. The summed E-state index contributed by atoms with van der Waals surface area (Å²) < 4.78 is 17.5. The van der Waals surface area contributed by atoms with E-state index in [-0.39, 0.29) is 24.2 Å². The second-order valence-corrected chi connectivity index (χ2v) is 8.90. The van der Waals surface area contributed by atoms with Crippen molar-refractivity contribution in [2.75, 3.05) is 31.6 Å². The number of hydrogen-bond acceptors (Lipinski definition) is 5. The fourth-order valence-corrected chi connectivity index (χ4v) is 4.45. The second kappa shape index (κ2) is 10.9. The quantitative estimate of drug-likeness (QED) is 0.690. The van der Waals surface area contributed by atoms with E-state index in [1.165, 1.54) is 12.0 Å². The summed E-state index contributed by atoms with van der Waals surface area (Å²) in [5.74, 6) is 0.525. The minimum atomic E-state index is -0.143. The fourth-order valence-electron chi connectivity index (χ4n) is 4.45. The van der Waals surface area contributed by atoms with Crippen LogP contribution >= 0.6 is 0 Å². The summed E-state index contributed by atoms with van der Waals surface area (Å²) in [6.07, 6.45) is 3.92. The third-order valence-corrected chi connectivity index (χ3v) is 5.95. The predicted octanol–water partition coefficient (Wildman–Crippen LogP) is 4.50. The van der Waals surface area contributed by atoms with Gasteiger partial charge in [0.15, 0.2) is 0 Å². The summed E-state index contributed by atoms with van der Waals surface area (Å²) in [5, 5.41) is 3.00. The fraction of sp³-hybridized carbons (Fsp3) is 0.500. The SMILES string of the molecule is CC1CN(Cc2ccc(C(=O)Nc3ccccc3OCC3CCCCO3)cc2)CC(C)O1. The molecule has 1 N–H and O–H groups in total. The van der Waals surface area contributed by atoms with Crippen molar-refractivity contribution in [3.8, 4) is 5.75 Å². The smallest absolute Gasteiger partial charge is 0.255 e. The van der Waals surface area contributed by atoms with Crippen LogP contribution in [-0.4, -0.2) is 55.4 Å². The van der Waals surface area contributed by atoms with E-state index in [9.17, 15) is 4.79 Å². The Morgan fingerprint density at radius 3 is 2.53 bits per heavy atom. The highest BCUT2D eigenvalue weighted by Crippen LogP contribution is 2.26. The van der Waals surface area contributed by atoms with Crippen LogP contribution in [0, 0.1) is 0 Å². The molecule has 0 spiro atoms. The summed E-state index contributed by atoms with van der Waals surface area (Å²) in [6, 6.07) is 15.4. The minimum Gasteiger partial charge on any atom is -0.489 e. The van der Waals surface area contributed by atoms with Gasteiger partial charge in [-0.15, -0.1) is 0 Å². The molecule has 3 atom stereocenters. The molecule has 6 heteroatoms. The lowest BCUT2D eigenvalue weighted by molar-refractivity contribution is -0.0704. The minimum absolute atomic E-state index is 0.123. The number of anilines is 1. The van der Waals surface area contributed by atoms with Crippen molar-refractivity contribution >= 4 is 11.6 Å². The summed E-state index contributed by atoms with van der Waals surface area (Å²) in [6.45, 7) is 8.23. The maximum absolute atomic E-state index is 12.8. The van der Waals surface area contributed by atoms with Crippen molar-refractivity contribution in [1.82, 2.24) is 4.90 Å². The Kier molecular flexibility index (Phi) is 7.79. The summed E-state index contributed by atoms with van der Waals surface area (Å²) >= 11 is 0. The van der Waals surface area contributed by atoms with Crippen LogP contribution in [0.1, 0.15) is 49.0 Å². The molecule has 2 aromatic rings. The number of nitrogens with zero attached hydrogens (tertiary/aromatic N) is 1. The molecule has 0 saturated carbocycles. The molecule has 2 aromatic carbocycles. The maximum Gasteiger partial charge on any atom is 0.255 e. The van der Waals surface area contributed by atoms with Crippen LogP contribution in [0.4, 0.5) is 5.69 Å². The predicted molar refractivity (Wildman–Crippen MR) is 125 cm³/mol. The molecule has 2 aliphatic heterocycles. The molecule has 172 valence electrons. The molecule has 3 unspecified atom stereocenters. The molecular formula is C26H34N2O4. The van der Waals surface area contributed by atoms with Gasteiger partial charge in [-0.3, -0.25) is 9.69 Å². The number of nitrogens with one attached hydrogen (secondary N) is 1. The van der Waals surface area contributed by atoms with Crippen LogP contribution in [0.3, 0.4) is 0 Å². The number of carbonyl (C=O) groups excluding carboxylic acids is 1. The summed E-state index contributed by atoms with van der Waals surface area (Å²) in [5.41, 5.74) is 2.50. The standard InChI is InChI=1S/C26H34N2O4/c1-19-15-28(16-20(2)32-19)17-21-10-12-22(13-11-21)26(29)27-24-8-3-4-9-25(24)31-18-23-7-5-6-14-30-23/h3-4,8-13,19-20,23H,5-7,14-18H2,1-2H3,(H,27,29). The van der Waals surface area contributed by atoms with Gasteiger partial charge in [0.2, 0.25) is 0 Å². The van der Waals surface area contributed by atoms with E-state index < -0.39 is 0 Å². The second-order valence-electron chi connectivity index (χ2n) is 8.90. The lowest BCUT2D eigenvalue weighted by atomic mass is 10.1. The Morgan fingerprint density at radius 2 is 1.81 bits per heavy atom. The zero-order chi connectivity index (χ0) is 22.3. The third-order valence-electron chi connectivity index (χ3n) is 5.95. The highest BCUT2D eigenvalue weighted by molar-refractivity contribution is 6.05. The first-order valence-electron chi connectivity index (χ1n) is 11.7. The molecule has 2 saturated heterocycles. The molecule has 0 radical (unpaired) electrons. The zero-order valence-electron chi connectivity index (χ0n) is 19.1. The number of rotatable bonds is 7. The lowest BCUT2D eigenvalue weighted by Gasteiger charge is -2.35. The molecule has 2 fully saturated rings. The van der Waals surface area contributed by atoms with Crippen molar-refractivity contribution < 1.29 is 19.0 Å². The average molecular weight is 439 g/mol. The van der Waals surface area contributed by atoms with E-state index >= 15 is 0 Å². The van der Waals surface area contributed by atoms with Crippen LogP contribution in [0.15, 0.2) is 48.5 Å². The third kappa shape index (κ3) is 6.31. The van der Waals surface area contributed by atoms with E-state index in [1.807, 2.05) is 48.5 Å². The Balaban J connectivity index is 1.33. The first kappa shape index (κ1) is 22.8. The number of para-hydroxylation sites is 2. The van der Waals surface area contributed by atoms with E-state index in [0.29, 0.717) is 23.6 Å². The van der Waals surface area contributed by atoms with Gasteiger partial charge in [-0.1, -0.05) is 24.3 Å². The topological polar surface area (TPSA) is 60.0 Å². The Bertz CT molecular complexity index is 870. The van der Waals surface area contributed by atoms with E-state index in [4.69, 9.17) is 14.2 Å². The molecule has 0 aliphatic carbocycles. The zero-order valence-corrected chi connectivity index (χ0v) is 19.1. The molecule has 0 aromatic heterocycles. The van der Waals surface area contributed by atoms with Gasteiger partial charge in [0.1, 0.15) is 12.4 Å². The van der Waals surface area contributed by atoms with Gasteiger partial charge in [0.05, 0.1) is 24.0 Å². The maximum atomic E-state index is 12.8. The molecular weight excluding hydrogens is 404 g/mol. The van der Waals surface area contributed by atoms with Crippen LogP contribution in [-0.2, 0) is 16.0 Å². The molecule has 2 heterocycles. The average Bonchev–Trinajstić information content (AvgIpc) is 2.79. The van der Waals surface area contributed by atoms with Crippen molar-refractivity contribution in [3.63, 3.8) is 0 Å². The molecule has 1 amide bonds. The molecule has 4 rings (SSSR count). The van der Waals surface area contributed by atoms with E-state index in [0.717, 1.165) is 39.1 Å². The number of amides is 1. The Labute approximate surface area is 190 Å². The first-order chi connectivity index (χ1) is 15.6. The Hall–Kier alpha value is -2.41. The Morgan fingerprint density at radius 1 is 1.06 bits per heavy atom. The van der Waals surface area contributed by atoms with Crippen LogP contribution < -0.4 is 10.1 Å². The molecule has 32 heavy (non-hydrogen) atoms. The van der Waals surface area contributed by atoms with Crippen LogP contribution in [0.5, 0.6) is 5.75 Å². The first-order valence-corrected chi connectivity index (χ1v) is 11.7. The largest absolute Gasteiger partial charge is 0.489 e. The van der Waals surface area contributed by atoms with Gasteiger partial charge in [0, 0.05) is 31.8 Å². The normalized spacial score (nSPS) is 24.1.